The van der Waals surface area contributed by atoms with E-state index in [0.29, 0.717) is 18.0 Å². The van der Waals surface area contributed by atoms with Crippen LogP contribution in [0.2, 0.25) is 0 Å². The molecule has 2 amide bonds. The Kier molecular flexibility index (Phi) is 10.8. The Balaban J connectivity index is 1.63. The fourth-order valence-electron chi connectivity index (χ4n) is 5.20. The topological polar surface area (TPSA) is 77.1 Å². The summed E-state index contributed by atoms with van der Waals surface area (Å²) in [7, 11) is 4.76. The molecule has 0 aliphatic heterocycles. The van der Waals surface area contributed by atoms with E-state index in [0.717, 1.165) is 41.7 Å². The van der Waals surface area contributed by atoms with Gasteiger partial charge >= 0.3 is 0 Å². The molecule has 1 aliphatic carbocycles. The monoisotopic (exact) mass is 556 g/mol. The van der Waals surface area contributed by atoms with Crippen LogP contribution < -0.4 is 19.5 Å². The van der Waals surface area contributed by atoms with E-state index in [1.165, 1.54) is 18.4 Å². The predicted molar refractivity (Wildman–Crippen MR) is 160 cm³/mol. The molecule has 4 rings (SSSR count). The van der Waals surface area contributed by atoms with Crippen LogP contribution in [0, 0.1) is 0 Å². The van der Waals surface area contributed by atoms with Gasteiger partial charge in [0.2, 0.25) is 11.8 Å². The molecule has 1 unspecified atom stereocenters. The molecule has 1 N–H and O–H groups in total. The summed E-state index contributed by atoms with van der Waals surface area (Å²) in [6.07, 6.45) is 7.85. The Bertz CT molecular complexity index is 1320. The van der Waals surface area contributed by atoms with E-state index in [1.54, 1.807) is 38.4 Å². The van der Waals surface area contributed by atoms with Crippen molar-refractivity contribution in [1.82, 2.24) is 10.2 Å². The Labute approximate surface area is 243 Å². The van der Waals surface area contributed by atoms with Gasteiger partial charge in [-0.1, -0.05) is 60.2 Å². The van der Waals surface area contributed by atoms with Crippen LogP contribution in [0.15, 0.2) is 84.4 Å². The van der Waals surface area contributed by atoms with E-state index in [9.17, 15) is 9.59 Å². The van der Waals surface area contributed by atoms with Gasteiger partial charge in [-0.3, -0.25) is 9.59 Å². The number of benzene rings is 3. The zero-order chi connectivity index (χ0) is 29.0. The lowest BCUT2D eigenvalue weighted by atomic mass is 9.97. The molecule has 0 heterocycles. The van der Waals surface area contributed by atoms with Gasteiger partial charge in [-0.15, -0.1) is 0 Å². The van der Waals surface area contributed by atoms with Gasteiger partial charge in [0.15, 0.2) is 11.5 Å². The number of carbonyl (C=O) groups is 2. The molecule has 1 atom stereocenters. The molecule has 7 nitrogen and oxygen atoms in total. The van der Waals surface area contributed by atoms with Gasteiger partial charge in [0.1, 0.15) is 11.8 Å². The van der Waals surface area contributed by atoms with Crippen LogP contribution in [0.1, 0.15) is 54.8 Å². The molecule has 0 fully saturated rings. The molecule has 0 radical (unpaired) electrons. The van der Waals surface area contributed by atoms with Gasteiger partial charge < -0.3 is 24.4 Å². The third-order valence-corrected chi connectivity index (χ3v) is 7.44. The standard InChI is InChI=1S/C34H40N2O5/c1-39-29-17-14-26(15-18-29)24-36(32(37)23-27-16-19-30(40-2)31(22-27)41-3)33(28-12-8-5-9-13-28)34(38)35-21-20-25-10-6-4-7-11-25/h5,8-10,12-19,22,33H,4,6-7,11,20-21,23-24H2,1-3H3,(H,35,38). The minimum atomic E-state index is -0.800. The van der Waals surface area contributed by atoms with Crippen LogP contribution >= 0.6 is 0 Å². The predicted octanol–water partition coefficient (Wildman–Crippen LogP) is 6.03. The normalized spacial score (nSPS) is 13.5. The number of hydrogen-bond donors (Lipinski definition) is 1. The highest BCUT2D eigenvalue weighted by Crippen LogP contribution is 2.30. The number of rotatable bonds is 13. The Hall–Kier alpha value is -4.26. The van der Waals surface area contributed by atoms with E-state index in [-0.39, 0.29) is 24.8 Å². The summed E-state index contributed by atoms with van der Waals surface area (Å²) < 4.78 is 16.1. The van der Waals surface area contributed by atoms with E-state index >= 15 is 0 Å². The molecular formula is C34H40N2O5. The summed E-state index contributed by atoms with van der Waals surface area (Å²) >= 11 is 0. The van der Waals surface area contributed by atoms with Crippen LogP contribution in [0.5, 0.6) is 17.2 Å². The first kappa shape index (κ1) is 29.7. The highest BCUT2D eigenvalue weighted by Gasteiger charge is 2.31. The maximum absolute atomic E-state index is 14.1. The average Bonchev–Trinajstić information content (AvgIpc) is 3.02. The average molecular weight is 557 g/mol. The maximum Gasteiger partial charge on any atom is 0.247 e. The van der Waals surface area contributed by atoms with Gasteiger partial charge in [0.05, 0.1) is 27.8 Å². The maximum atomic E-state index is 14.1. The first-order valence-corrected chi connectivity index (χ1v) is 14.2. The molecule has 3 aromatic rings. The summed E-state index contributed by atoms with van der Waals surface area (Å²) in [4.78, 5) is 29.6. The summed E-state index contributed by atoms with van der Waals surface area (Å²) in [5, 5.41) is 3.13. The lowest BCUT2D eigenvalue weighted by Gasteiger charge is -2.32. The van der Waals surface area contributed by atoms with Gasteiger partial charge in [-0.2, -0.15) is 0 Å². The minimum Gasteiger partial charge on any atom is -0.497 e. The summed E-state index contributed by atoms with van der Waals surface area (Å²) in [6.45, 7) is 0.794. The van der Waals surface area contributed by atoms with Crippen LogP contribution in [-0.2, 0) is 22.6 Å². The summed E-state index contributed by atoms with van der Waals surface area (Å²) in [5.41, 5.74) is 3.82. The molecule has 0 saturated heterocycles. The molecule has 0 spiro atoms. The van der Waals surface area contributed by atoms with Crippen molar-refractivity contribution in [1.29, 1.82) is 0 Å². The molecule has 41 heavy (non-hydrogen) atoms. The highest BCUT2D eigenvalue weighted by molar-refractivity contribution is 5.89. The molecule has 0 aromatic heterocycles. The molecule has 7 heteroatoms. The van der Waals surface area contributed by atoms with Gasteiger partial charge in [-0.25, -0.2) is 0 Å². The van der Waals surface area contributed by atoms with Crippen LogP contribution in [0.25, 0.3) is 0 Å². The van der Waals surface area contributed by atoms with Crippen molar-refractivity contribution in [2.45, 2.75) is 51.1 Å². The van der Waals surface area contributed by atoms with E-state index in [4.69, 9.17) is 14.2 Å². The van der Waals surface area contributed by atoms with Crippen molar-refractivity contribution in [2.75, 3.05) is 27.9 Å². The Morgan fingerprint density at radius 1 is 0.854 bits per heavy atom. The molecule has 0 bridgehead atoms. The van der Waals surface area contributed by atoms with Crippen LogP contribution in [-0.4, -0.2) is 44.6 Å². The van der Waals surface area contributed by atoms with Gasteiger partial charge in [-0.05, 0) is 73.1 Å². The number of hydrogen-bond acceptors (Lipinski definition) is 5. The van der Waals surface area contributed by atoms with E-state index < -0.39 is 6.04 Å². The number of allylic oxidation sites excluding steroid dienone is 1. The lowest BCUT2D eigenvalue weighted by molar-refractivity contribution is -0.141. The zero-order valence-corrected chi connectivity index (χ0v) is 24.2. The van der Waals surface area contributed by atoms with Gasteiger partial charge in [0.25, 0.3) is 0 Å². The minimum absolute atomic E-state index is 0.0972. The van der Waals surface area contributed by atoms with Crippen LogP contribution in [0.3, 0.4) is 0 Å². The molecule has 3 aromatic carbocycles. The number of methoxy groups -OCH3 is 3. The second kappa shape index (κ2) is 14.9. The second-order valence-corrected chi connectivity index (χ2v) is 10.2. The quantitative estimate of drug-likeness (QED) is 0.260. The summed E-state index contributed by atoms with van der Waals surface area (Å²) in [5.74, 6) is 1.50. The molecule has 216 valence electrons. The van der Waals surface area contributed by atoms with Crippen molar-refractivity contribution in [3.63, 3.8) is 0 Å². The molecular weight excluding hydrogens is 516 g/mol. The third kappa shape index (κ3) is 8.13. The van der Waals surface area contributed by atoms with Crippen LogP contribution in [0.4, 0.5) is 0 Å². The number of nitrogens with zero attached hydrogens (tertiary/aromatic N) is 1. The fraction of sp³-hybridized carbons (Fsp3) is 0.353. The zero-order valence-electron chi connectivity index (χ0n) is 24.2. The van der Waals surface area contributed by atoms with E-state index in [2.05, 4.69) is 11.4 Å². The Morgan fingerprint density at radius 3 is 2.24 bits per heavy atom. The first-order valence-electron chi connectivity index (χ1n) is 14.2. The number of ether oxygens (including phenoxy) is 3. The smallest absolute Gasteiger partial charge is 0.247 e. The molecule has 0 saturated carbocycles. The number of nitrogens with one attached hydrogen (secondary N) is 1. The fourth-order valence-corrected chi connectivity index (χ4v) is 5.20. The van der Waals surface area contributed by atoms with E-state index in [1.807, 2.05) is 60.7 Å². The SMILES string of the molecule is COc1ccc(CN(C(=O)Cc2ccc(OC)c(OC)c2)C(C(=O)NCCC2=CCCCC2)c2ccccc2)cc1. The highest BCUT2D eigenvalue weighted by atomic mass is 16.5. The summed E-state index contributed by atoms with van der Waals surface area (Å²) in [6, 6.07) is 21.7. The van der Waals surface area contributed by atoms with Crippen molar-refractivity contribution in [3.8, 4) is 17.2 Å². The number of carbonyl (C=O) groups excluding carboxylic acids is 2. The third-order valence-electron chi connectivity index (χ3n) is 7.44. The largest absolute Gasteiger partial charge is 0.497 e. The van der Waals surface area contributed by atoms with Gasteiger partial charge in [0, 0.05) is 13.1 Å². The lowest BCUT2D eigenvalue weighted by Crippen LogP contribution is -2.44. The second-order valence-electron chi connectivity index (χ2n) is 10.2. The first-order chi connectivity index (χ1) is 20.0. The van der Waals surface area contributed by atoms with Crippen molar-refractivity contribution in [3.05, 3.63) is 101 Å². The Morgan fingerprint density at radius 2 is 1.59 bits per heavy atom. The number of amides is 2. The van der Waals surface area contributed by atoms with Crippen molar-refractivity contribution >= 4 is 11.8 Å². The van der Waals surface area contributed by atoms with Crippen molar-refractivity contribution in [2.24, 2.45) is 0 Å². The van der Waals surface area contributed by atoms with Crippen molar-refractivity contribution < 1.29 is 23.8 Å². The molecule has 1 aliphatic rings.